The Morgan fingerprint density at radius 1 is 1.42 bits per heavy atom. The molecular weight excluding hydrogens is 276 g/mol. The van der Waals surface area contributed by atoms with Gasteiger partial charge in [0, 0.05) is 19.6 Å². The van der Waals surface area contributed by atoms with Crippen LogP contribution in [0, 0.1) is 0 Å². The molecule has 1 atom stereocenters. The summed E-state index contributed by atoms with van der Waals surface area (Å²) in [5.74, 6) is 1.18. The summed E-state index contributed by atoms with van der Waals surface area (Å²) in [6.07, 6.45) is 3.32. The molecule has 0 heterocycles. The molecule has 1 aromatic rings. The minimum absolute atomic E-state index is 0.493. The first-order valence-corrected chi connectivity index (χ1v) is 8.58. The van der Waals surface area contributed by atoms with Crippen molar-refractivity contribution in [3.8, 4) is 0 Å². The predicted octanol–water partition coefficient (Wildman–Crippen LogP) is 4.03. The van der Waals surface area contributed by atoms with Gasteiger partial charge >= 0.3 is 0 Å². The highest BCUT2D eigenvalue weighted by Crippen LogP contribution is 2.31. The molecule has 0 aliphatic heterocycles. The van der Waals surface area contributed by atoms with E-state index in [4.69, 9.17) is 11.6 Å². The quantitative estimate of drug-likeness (QED) is 0.780. The monoisotopic (exact) mass is 300 g/mol. The van der Waals surface area contributed by atoms with E-state index >= 15 is 0 Å². The number of hydrogen-bond acceptors (Lipinski definition) is 3. The highest BCUT2D eigenvalue weighted by Gasteiger charge is 2.16. The Hall–Kier alpha value is -0.380. The summed E-state index contributed by atoms with van der Waals surface area (Å²) < 4.78 is 0. The van der Waals surface area contributed by atoms with Gasteiger partial charge in [-0.05, 0) is 43.5 Å². The summed E-state index contributed by atoms with van der Waals surface area (Å²) in [5, 5.41) is 4.22. The van der Waals surface area contributed by atoms with Crippen molar-refractivity contribution in [1.29, 1.82) is 0 Å². The van der Waals surface area contributed by atoms with Crippen LogP contribution in [-0.2, 0) is 6.54 Å². The van der Waals surface area contributed by atoms with E-state index in [0.29, 0.717) is 6.04 Å². The molecule has 0 aliphatic carbocycles. The number of nitrogens with one attached hydrogen (secondary N) is 1. The van der Waals surface area contributed by atoms with Gasteiger partial charge in [0.2, 0.25) is 0 Å². The molecule has 1 rings (SSSR count). The first-order valence-electron chi connectivity index (χ1n) is 6.81. The third-order valence-electron chi connectivity index (χ3n) is 3.39. The standard InChI is InChI=1S/C15H25ClN2S/c1-5-17-11-13-7-6-8-14(16)15(13)18(3)12(2)9-10-19-4/h6-8,12,17H,5,9-11H2,1-4H3. The molecule has 19 heavy (non-hydrogen) atoms. The molecule has 1 aromatic carbocycles. The average molecular weight is 301 g/mol. The second-order valence-corrected chi connectivity index (χ2v) is 6.16. The number of thioether (sulfide) groups is 1. The van der Waals surface area contributed by atoms with E-state index in [9.17, 15) is 0 Å². The normalized spacial score (nSPS) is 12.5. The zero-order chi connectivity index (χ0) is 14.3. The van der Waals surface area contributed by atoms with Crippen LogP contribution in [-0.4, -0.2) is 31.6 Å². The van der Waals surface area contributed by atoms with Crippen molar-refractivity contribution in [1.82, 2.24) is 5.32 Å². The zero-order valence-electron chi connectivity index (χ0n) is 12.4. The van der Waals surface area contributed by atoms with Gasteiger partial charge in [-0.25, -0.2) is 0 Å². The second-order valence-electron chi connectivity index (χ2n) is 4.77. The molecule has 0 fully saturated rings. The van der Waals surface area contributed by atoms with Gasteiger partial charge in [-0.2, -0.15) is 11.8 Å². The van der Waals surface area contributed by atoms with Gasteiger partial charge in [0.15, 0.2) is 0 Å². The highest BCUT2D eigenvalue weighted by atomic mass is 35.5. The summed E-state index contributed by atoms with van der Waals surface area (Å²) in [6.45, 7) is 6.22. The van der Waals surface area contributed by atoms with E-state index in [0.717, 1.165) is 18.1 Å². The number of nitrogens with zero attached hydrogens (tertiary/aromatic N) is 1. The summed E-state index contributed by atoms with van der Waals surface area (Å²) in [6, 6.07) is 6.65. The maximum Gasteiger partial charge on any atom is 0.0642 e. The van der Waals surface area contributed by atoms with E-state index in [-0.39, 0.29) is 0 Å². The molecule has 108 valence electrons. The number of para-hydroxylation sites is 1. The summed E-state index contributed by atoms with van der Waals surface area (Å²) >= 11 is 8.30. The van der Waals surface area contributed by atoms with Crippen LogP contribution in [0.15, 0.2) is 18.2 Å². The second kappa shape index (κ2) is 8.72. The van der Waals surface area contributed by atoms with E-state index in [2.05, 4.69) is 43.4 Å². The Morgan fingerprint density at radius 2 is 2.16 bits per heavy atom. The Kier molecular flexibility index (Phi) is 7.66. The number of anilines is 1. The SMILES string of the molecule is CCNCc1cccc(Cl)c1N(C)C(C)CCSC. The Morgan fingerprint density at radius 3 is 2.79 bits per heavy atom. The maximum atomic E-state index is 6.41. The van der Waals surface area contributed by atoms with Gasteiger partial charge in [0.25, 0.3) is 0 Å². The first kappa shape index (κ1) is 16.7. The Balaban J connectivity index is 2.89. The lowest BCUT2D eigenvalue weighted by atomic mass is 10.1. The third-order valence-corrected chi connectivity index (χ3v) is 4.34. The van der Waals surface area contributed by atoms with Gasteiger partial charge in [0.1, 0.15) is 0 Å². The van der Waals surface area contributed by atoms with Gasteiger partial charge in [-0.3, -0.25) is 0 Å². The Bertz CT molecular complexity index is 384. The van der Waals surface area contributed by atoms with E-state index in [1.807, 2.05) is 23.9 Å². The Labute approximate surface area is 126 Å². The zero-order valence-corrected chi connectivity index (χ0v) is 13.9. The predicted molar refractivity (Wildman–Crippen MR) is 89.7 cm³/mol. The van der Waals surface area contributed by atoms with Gasteiger partial charge in [-0.15, -0.1) is 0 Å². The largest absolute Gasteiger partial charge is 0.370 e. The van der Waals surface area contributed by atoms with Crippen LogP contribution in [0.2, 0.25) is 5.02 Å². The highest BCUT2D eigenvalue weighted by molar-refractivity contribution is 7.98. The first-order chi connectivity index (χ1) is 9.11. The maximum absolute atomic E-state index is 6.41. The lowest BCUT2D eigenvalue weighted by Gasteiger charge is -2.30. The van der Waals surface area contributed by atoms with Crippen LogP contribution in [0.25, 0.3) is 0 Å². The lowest BCUT2D eigenvalue weighted by Crippen LogP contribution is -2.31. The average Bonchev–Trinajstić information content (AvgIpc) is 2.41. The number of hydrogen-bond donors (Lipinski definition) is 1. The van der Waals surface area contributed by atoms with E-state index in [1.54, 1.807) is 0 Å². The van der Waals surface area contributed by atoms with Crippen molar-refractivity contribution in [2.24, 2.45) is 0 Å². The minimum atomic E-state index is 0.493. The fourth-order valence-corrected chi connectivity index (χ4v) is 2.96. The number of halogens is 1. The molecule has 0 saturated carbocycles. The van der Waals surface area contributed by atoms with Crippen LogP contribution >= 0.6 is 23.4 Å². The molecule has 1 N–H and O–H groups in total. The fourth-order valence-electron chi connectivity index (χ4n) is 2.06. The van der Waals surface area contributed by atoms with Gasteiger partial charge in [-0.1, -0.05) is 30.7 Å². The molecule has 2 nitrogen and oxygen atoms in total. The van der Waals surface area contributed by atoms with Gasteiger partial charge in [0.05, 0.1) is 10.7 Å². The topological polar surface area (TPSA) is 15.3 Å². The molecular formula is C15H25ClN2S. The summed E-state index contributed by atoms with van der Waals surface area (Å²) in [5.41, 5.74) is 2.44. The number of rotatable bonds is 8. The molecule has 4 heteroatoms. The molecule has 0 radical (unpaired) electrons. The fraction of sp³-hybridized carbons (Fsp3) is 0.600. The van der Waals surface area contributed by atoms with Crippen molar-refractivity contribution in [3.05, 3.63) is 28.8 Å². The van der Waals surface area contributed by atoms with Crippen molar-refractivity contribution in [2.75, 3.05) is 30.5 Å². The molecule has 0 bridgehead atoms. The molecule has 0 aromatic heterocycles. The summed E-state index contributed by atoms with van der Waals surface area (Å²) in [7, 11) is 2.14. The van der Waals surface area contributed by atoms with E-state index < -0.39 is 0 Å². The molecule has 1 unspecified atom stereocenters. The van der Waals surface area contributed by atoms with Gasteiger partial charge < -0.3 is 10.2 Å². The number of benzene rings is 1. The third kappa shape index (κ3) is 4.90. The molecule has 0 aliphatic rings. The minimum Gasteiger partial charge on any atom is -0.370 e. The van der Waals surface area contributed by atoms with Crippen LogP contribution in [0.5, 0.6) is 0 Å². The smallest absolute Gasteiger partial charge is 0.0642 e. The van der Waals surface area contributed by atoms with Crippen LogP contribution < -0.4 is 10.2 Å². The van der Waals surface area contributed by atoms with Crippen LogP contribution in [0.3, 0.4) is 0 Å². The summed E-state index contributed by atoms with van der Waals surface area (Å²) in [4.78, 5) is 2.31. The molecule has 0 saturated heterocycles. The van der Waals surface area contributed by atoms with E-state index in [1.165, 1.54) is 23.4 Å². The van der Waals surface area contributed by atoms with Crippen molar-refractivity contribution >= 4 is 29.1 Å². The van der Waals surface area contributed by atoms with Crippen molar-refractivity contribution in [2.45, 2.75) is 32.9 Å². The molecule has 0 amide bonds. The van der Waals surface area contributed by atoms with Crippen molar-refractivity contribution < 1.29 is 0 Å². The molecule has 0 spiro atoms. The van der Waals surface area contributed by atoms with Crippen molar-refractivity contribution in [3.63, 3.8) is 0 Å². The lowest BCUT2D eigenvalue weighted by molar-refractivity contribution is 0.660. The van der Waals surface area contributed by atoms with Crippen LogP contribution in [0.1, 0.15) is 25.8 Å². The van der Waals surface area contributed by atoms with Crippen LogP contribution in [0.4, 0.5) is 5.69 Å².